The van der Waals surface area contributed by atoms with Gasteiger partial charge in [-0.15, -0.1) is 0 Å². The standard InChI is InChI=1S/C13H15N3O2/c1-7-4-5-10(6-11(7)17)13(18)14-12-8(2)9(3)15-16-12/h4-6,17H,1-3H3,(H2,14,15,16,18). The van der Waals surface area contributed by atoms with E-state index in [9.17, 15) is 9.90 Å². The molecule has 3 N–H and O–H groups in total. The van der Waals surface area contributed by atoms with Crippen LogP contribution < -0.4 is 5.32 Å². The van der Waals surface area contributed by atoms with Gasteiger partial charge in [-0.2, -0.15) is 5.10 Å². The van der Waals surface area contributed by atoms with E-state index in [0.717, 1.165) is 16.8 Å². The second-order valence-corrected chi connectivity index (χ2v) is 4.28. The van der Waals surface area contributed by atoms with Gasteiger partial charge in [-0.1, -0.05) is 6.07 Å². The van der Waals surface area contributed by atoms with Crippen LogP contribution in [0.4, 0.5) is 5.82 Å². The highest BCUT2D eigenvalue weighted by molar-refractivity contribution is 6.04. The molecule has 1 amide bonds. The van der Waals surface area contributed by atoms with E-state index < -0.39 is 0 Å². The Labute approximate surface area is 105 Å². The number of H-pyrrole nitrogens is 1. The lowest BCUT2D eigenvalue weighted by atomic mass is 10.1. The van der Waals surface area contributed by atoms with E-state index >= 15 is 0 Å². The summed E-state index contributed by atoms with van der Waals surface area (Å²) >= 11 is 0. The molecule has 0 radical (unpaired) electrons. The Balaban J connectivity index is 2.22. The van der Waals surface area contributed by atoms with Crippen LogP contribution >= 0.6 is 0 Å². The van der Waals surface area contributed by atoms with Gasteiger partial charge < -0.3 is 10.4 Å². The lowest BCUT2D eigenvalue weighted by molar-refractivity contribution is 0.102. The highest BCUT2D eigenvalue weighted by Crippen LogP contribution is 2.19. The van der Waals surface area contributed by atoms with Gasteiger partial charge >= 0.3 is 0 Å². The van der Waals surface area contributed by atoms with E-state index in [-0.39, 0.29) is 11.7 Å². The molecule has 0 aliphatic rings. The summed E-state index contributed by atoms with van der Waals surface area (Å²) in [7, 11) is 0. The predicted octanol–water partition coefficient (Wildman–Crippen LogP) is 2.29. The first kappa shape index (κ1) is 12.2. The Morgan fingerprint density at radius 1 is 1.33 bits per heavy atom. The van der Waals surface area contributed by atoms with Gasteiger partial charge in [-0.25, -0.2) is 0 Å². The van der Waals surface area contributed by atoms with Crippen molar-refractivity contribution in [3.63, 3.8) is 0 Å². The molecule has 0 unspecified atom stereocenters. The van der Waals surface area contributed by atoms with Crippen molar-refractivity contribution in [3.05, 3.63) is 40.6 Å². The van der Waals surface area contributed by atoms with E-state index in [1.807, 2.05) is 13.8 Å². The van der Waals surface area contributed by atoms with E-state index in [2.05, 4.69) is 15.5 Å². The Morgan fingerprint density at radius 3 is 2.61 bits per heavy atom. The lowest BCUT2D eigenvalue weighted by Gasteiger charge is -2.05. The third-order valence-corrected chi connectivity index (χ3v) is 2.96. The molecule has 2 rings (SSSR count). The van der Waals surface area contributed by atoms with Crippen molar-refractivity contribution in [2.45, 2.75) is 20.8 Å². The Kier molecular flexibility index (Phi) is 3.06. The number of nitrogens with one attached hydrogen (secondary N) is 2. The number of phenols is 1. The van der Waals surface area contributed by atoms with Crippen LogP contribution in [-0.4, -0.2) is 21.2 Å². The highest BCUT2D eigenvalue weighted by atomic mass is 16.3. The van der Waals surface area contributed by atoms with Crippen LogP contribution in [0.5, 0.6) is 5.75 Å². The SMILES string of the molecule is Cc1ccc(C(=O)Nc2n[nH]c(C)c2C)cc1O. The monoisotopic (exact) mass is 245 g/mol. The molecule has 0 saturated carbocycles. The highest BCUT2D eigenvalue weighted by Gasteiger charge is 2.12. The van der Waals surface area contributed by atoms with Crippen molar-refractivity contribution >= 4 is 11.7 Å². The van der Waals surface area contributed by atoms with Crippen LogP contribution in [0.1, 0.15) is 27.2 Å². The molecule has 1 heterocycles. The minimum absolute atomic E-state index is 0.109. The summed E-state index contributed by atoms with van der Waals surface area (Å²) in [4.78, 5) is 12.0. The second-order valence-electron chi connectivity index (χ2n) is 4.28. The molecule has 0 aliphatic heterocycles. The first-order chi connectivity index (χ1) is 8.49. The normalized spacial score (nSPS) is 10.4. The molecule has 0 atom stereocenters. The van der Waals surface area contributed by atoms with E-state index in [1.54, 1.807) is 19.1 Å². The zero-order valence-corrected chi connectivity index (χ0v) is 10.5. The first-order valence-electron chi connectivity index (χ1n) is 5.61. The van der Waals surface area contributed by atoms with E-state index in [1.165, 1.54) is 6.07 Å². The van der Waals surface area contributed by atoms with Crippen molar-refractivity contribution in [3.8, 4) is 5.75 Å². The van der Waals surface area contributed by atoms with Crippen LogP contribution in [0.2, 0.25) is 0 Å². The number of rotatable bonds is 2. The number of anilines is 1. The van der Waals surface area contributed by atoms with Gasteiger partial charge in [0, 0.05) is 16.8 Å². The summed E-state index contributed by atoms with van der Waals surface area (Å²) in [6, 6.07) is 4.81. The summed E-state index contributed by atoms with van der Waals surface area (Å²) < 4.78 is 0. The predicted molar refractivity (Wildman–Crippen MR) is 68.9 cm³/mol. The minimum Gasteiger partial charge on any atom is -0.508 e. The van der Waals surface area contributed by atoms with Crippen molar-refractivity contribution < 1.29 is 9.90 Å². The first-order valence-corrected chi connectivity index (χ1v) is 5.61. The largest absolute Gasteiger partial charge is 0.508 e. The fourth-order valence-corrected chi connectivity index (χ4v) is 1.54. The molecule has 0 spiro atoms. The fourth-order valence-electron chi connectivity index (χ4n) is 1.54. The zero-order valence-electron chi connectivity index (χ0n) is 10.5. The Morgan fingerprint density at radius 2 is 2.06 bits per heavy atom. The zero-order chi connectivity index (χ0) is 13.3. The molecule has 2 aromatic rings. The molecule has 94 valence electrons. The summed E-state index contributed by atoms with van der Waals surface area (Å²) in [6.45, 7) is 5.54. The van der Waals surface area contributed by atoms with Gasteiger partial charge in [0.15, 0.2) is 5.82 Å². The van der Waals surface area contributed by atoms with Crippen LogP contribution in [0.3, 0.4) is 0 Å². The number of phenolic OH excluding ortho intramolecular Hbond substituents is 1. The third kappa shape index (κ3) is 2.20. The maximum atomic E-state index is 12.0. The fraction of sp³-hybridized carbons (Fsp3) is 0.231. The molecule has 5 heteroatoms. The van der Waals surface area contributed by atoms with Crippen molar-refractivity contribution in [2.24, 2.45) is 0 Å². The van der Waals surface area contributed by atoms with Crippen LogP contribution in [-0.2, 0) is 0 Å². The lowest BCUT2D eigenvalue weighted by Crippen LogP contribution is -2.12. The number of carbonyl (C=O) groups excluding carboxylic acids is 1. The molecule has 5 nitrogen and oxygen atoms in total. The molecular weight excluding hydrogens is 230 g/mol. The smallest absolute Gasteiger partial charge is 0.257 e. The van der Waals surface area contributed by atoms with Gasteiger partial charge in [0.05, 0.1) is 0 Å². The van der Waals surface area contributed by atoms with Crippen molar-refractivity contribution in [2.75, 3.05) is 5.32 Å². The number of aryl methyl sites for hydroxylation is 2. The van der Waals surface area contributed by atoms with E-state index in [4.69, 9.17) is 0 Å². The van der Waals surface area contributed by atoms with Crippen molar-refractivity contribution in [1.29, 1.82) is 0 Å². The molecule has 1 aromatic heterocycles. The summed E-state index contributed by atoms with van der Waals surface area (Å²) in [5.74, 6) is 0.329. The van der Waals surface area contributed by atoms with Gasteiger partial charge in [-0.3, -0.25) is 9.89 Å². The van der Waals surface area contributed by atoms with Gasteiger partial charge in [-0.05, 0) is 38.5 Å². The molecular formula is C13H15N3O2. The number of hydrogen-bond donors (Lipinski definition) is 3. The van der Waals surface area contributed by atoms with Crippen LogP contribution in [0.15, 0.2) is 18.2 Å². The third-order valence-electron chi connectivity index (χ3n) is 2.96. The summed E-state index contributed by atoms with van der Waals surface area (Å²) in [5.41, 5.74) is 2.95. The molecule has 18 heavy (non-hydrogen) atoms. The topological polar surface area (TPSA) is 78.0 Å². The van der Waals surface area contributed by atoms with Gasteiger partial charge in [0.25, 0.3) is 5.91 Å². The number of amides is 1. The number of nitrogens with zero attached hydrogens (tertiary/aromatic N) is 1. The van der Waals surface area contributed by atoms with Crippen molar-refractivity contribution in [1.82, 2.24) is 10.2 Å². The maximum absolute atomic E-state index is 12.0. The van der Waals surface area contributed by atoms with Gasteiger partial charge in [0.1, 0.15) is 5.75 Å². The average molecular weight is 245 g/mol. The number of aromatic amines is 1. The molecule has 0 fully saturated rings. The molecule has 1 aromatic carbocycles. The minimum atomic E-state index is -0.292. The number of aromatic hydroxyl groups is 1. The van der Waals surface area contributed by atoms with Gasteiger partial charge in [0.2, 0.25) is 0 Å². The number of benzene rings is 1. The average Bonchev–Trinajstić information content (AvgIpc) is 2.64. The van der Waals surface area contributed by atoms with Crippen LogP contribution in [0, 0.1) is 20.8 Å². The Bertz CT molecular complexity index is 602. The second kappa shape index (κ2) is 4.52. The Hall–Kier alpha value is -2.30. The number of carbonyl (C=O) groups is 1. The molecule has 0 aliphatic carbocycles. The molecule has 0 saturated heterocycles. The quantitative estimate of drug-likeness (QED) is 0.759. The van der Waals surface area contributed by atoms with E-state index in [0.29, 0.717) is 11.4 Å². The summed E-state index contributed by atoms with van der Waals surface area (Å²) in [5, 5.41) is 19.1. The summed E-state index contributed by atoms with van der Waals surface area (Å²) in [6.07, 6.45) is 0. The number of aromatic nitrogens is 2. The van der Waals surface area contributed by atoms with Crippen LogP contribution in [0.25, 0.3) is 0 Å². The molecule has 0 bridgehead atoms. The number of hydrogen-bond acceptors (Lipinski definition) is 3. The maximum Gasteiger partial charge on any atom is 0.257 e.